The first kappa shape index (κ1) is 14.9. The SMILES string of the molecule is COCC(O)CN(C)c1cccc(F)c1[C@H](C)N. The lowest BCUT2D eigenvalue weighted by molar-refractivity contribution is 0.0695. The summed E-state index contributed by atoms with van der Waals surface area (Å²) in [5.41, 5.74) is 6.95. The highest BCUT2D eigenvalue weighted by atomic mass is 19.1. The molecule has 1 aromatic carbocycles. The number of aliphatic hydroxyl groups is 1. The lowest BCUT2D eigenvalue weighted by Gasteiger charge is -2.26. The summed E-state index contributed by atoms with van der Waals surface area (Å²) in [6, 6.07) is 4.42. The molecule has 0 radical (unpaired) electrons. The van der Waals surface area contributed by atoms with E-state index < -0.39 is 12.1 Å². The highest BCUT2D eigenvalue weighted by molar-refractivity contribution is 5.55. The maximum absolute atomic E-state index is 13.8. The van der Waals surface area contributed by atoms with Gasteiger partial charge >= 0.3 is 0 Å². The molecular weight excluding hydrogens is 235 g/mol. The molecule has 1 aromatic rings. The van der Waals surface area contributed by atoms with Gasteiger partial charge in [0.05, 0.1) is 12.7 Å². The van der Waals surface area contributed by atoms with Gasteiger partial charge < -0.3 is 20.5 Å². The van der Waals surface area contributed by atoms with Crippen molar-refractivity contribution < 1.29 is 14.2 Å². The van der Waals surface area contributed by atoms with Crippen molar-refractivity contribution in [2.75, 3.05) is 32.2 Å². The van der Waals surface area contributed by atoms with Crippen LogP contribution in [0.4, 0.5) is 10.1 Å². The molecule has 0 heterocycles. The van der Waals surface area contributed by atoms with Crippen molar-refractivity contribution in [2.45, 2.75) is 19.1 Å². The quantitative estimate of drug-likeness (QED) is 0.805. The molecule has 4 nitrogen and oxygen atoms in total. The largest absolute Gasteiger partial charge is 0.389 e. The maximum Gasteiger partial charge on any atom is 0.130 e. The normalized spacial score (nSPS) is 14.3. The average molecular weight is 256 g/mol. The van der Waals surface area contributed by atoms with Crippen LogP contribution in [0.25, 0.3) is 0 Å². The minimum Gasteiger partial charge on any atom is -0.389 e. The second kappa shape index (κ2) is 6.68. The molecule has 0 aliphatic heterocycles. The number of aliphatic hydroxyl groups excluding tert-OH is 1. The summed E-state index contributed by atoms with van der Waals surface area (Å²) in [4.78, 5) is 1.78. The Balaban J connectivity index is 2.91. The van der Waals surface area contributed by atoms with E-state index in [9.17, 15) is 9.50 Å². The van der Waals surface area contributed by atoms with Crippen molar-refractivity contribution in [2.24, 2.45) is 5.73 Å². The number of methoxy groups -OCH3 is 1. The van der Waals surface area contributed by atoms with Crippen LogP contribution >= 0.6 is 0 Å². The molecule has 102 valence electrons. The number of ether oxygens (including phenoxy) is 1. The highest BCUT2D eigenvalue weighted by Crippen LogP contribution is 2.27. The number of anilines is 1. The van der Waals surface area contributed by atoms with Crippen molar-refractivity contribution in [3.63, 3.8) is 0 Å². The maximum atomic E-state index is 13.8. The molecular formula is C13H21FN2O2. The van der Waals surface area contributed by atoms with Crippen molar-refractivity contribution in [1.29, 1.82) is 0 Å². The number of hydrogen-bond donors (Lipinski definition) is 2. The molecule has 3 N–H and O–H groups in total. The molecule has 18 heavy (non-hydrogen) atoms. The zero-order valence-electron chi connectivity index (χ0n) is 11.1. The van der Waals surface area contributed by atoms with E-state index in [1.165, 1.54) is 13.2 Å². The molecule has 0 aromatic heterocycles. The Bertz CT molecular complexity index is 385. The predicted octanol–water partition coefficient (Wildman–Crippen LogP) is 1.29. The van der Waals surface area contributed by atoms with Gasteiger partial charge in [-0.3, -0.25) is 0 Å². The fourth-order valence-corrected chi connectivity index (χ4v) is 1.97. The monoisotopic (exact) mass is 256 g/mol. The summed E-state index contributed by atoms with van der Waals surface area (Å²) in [5.74, 6) is -0.324. The zero-order chi connectivity index (χ0) is 13.7. The highest BCUT2D eigenvalue weighted by Gasteiger charge is 2.17. The third-order valence-electron chi connectivity index (χ3n) is 2.74. The van der Waals surface area contributed by atoms with Crippen molar-refractivity contribution >= 4 is 5.69 Å². The van der Waals surface area contributed by atoms with E-state index in [4.69, 9.17) is 10.5 Å². The molecule has 0 fully saturated rings. The number of halogens is 1. The van der Waals surface area contributed by atoms with Crippen LogP contribution in [-0.4, -0.2) is 38.5 Å². The Hall–Kier alpha value is -1.17. The van der Waals surface area contributed by atoms with Crippen LogP contribution in [-0.2, 0) is 4.74 Å². The van der Waals surface area contributed by atoms with Crippen LogP contribution < -0.4 is 10.6 Å². The van der Waals surface area contributed by atoms with E-state index in [0.29, 0.717) is 17.8 Å². The second-order valence-corrected chi connectivity index (χ2v) is 4.45. The minimum atomic E-state index is -0.621. The smallest absolute Gasteiger partial charge is 0.130 e. The van der Waals surface area contributed by atoms with Crippen LogP contribution in [0.5, 0.6) is 0 Å². The van der Waals surface area contributed by atoms with E-state index >= 15 is 0 Å². The summed E-state index contributed by atoms with van der Waals surface area (Å²) in [6.45, 7) is 2.34. The Morgan fingerprint density at radius 3 is 2.72 bits per heavy atom. The fourth-order valence-electron chi connectivity index (χ4n) is 1.97. The first-order valence-corrected chi connectivity index (χ1v) is 5.89. The molecule has 1 rings (SSSR count). The summed E-state index contributed by atoms with van der Waals surface area (Å²) in [6.07, 6.45) is -0.621. The summed E-state index contributed by atoms with van der Waals surface area (Å²) >= 11 is 0. The van der Waals surface area contributed by atoms with E-state index in [0.717, 1.165) is 0 Å². The van der Waals surface area contributed by atoms with Gasteiger partial charge in [-0.2, -0.15) is 0 Å². The van der Waals surface area contributed by atoms with Crippen molar-refractivity contribution in [1.82, 2.24) is 0 Å². The molecule has 0 spiro atoms. The van der Waals surface area contributed by atoms with Gasteiger partial charge in [-0.25, -0.2) is 4.39 Å². The number of hydrogen-bond acceptors (Lipinski definition) is 4. The number of nitrogens with zero attached hydrogens (tertiary/aromatic N) is 1. The predicted molar refractivity (Wildman–Crippen MR) is 70.2 cm³/mol. The summed E-state index contributed by atoms with van der Waals surface area (Å²) in [7, 11) is 3.32. The van der Waals surface area contributed by atoms with Gasteiger partial charge in [-0.05, 0) is 19.1 Å². The molecule has 0 aliphatic rings. The third-order valence-corrected chi connectivity index (χ3v) is 2.74. The molecule has 2 atom stereocenters. The fraction of sp³-hybridized carbons (Fsp3) is 0.538. The molecule has 1 unspecified atom stereocenters. The van der Waals surface area contributed by atoms with Gasteiger partial charge in [0.2, 0.25) is 0 Å². The molecule has 0 saturated carbocycles. The molecule has 0 bridgehead atoms. The van der Waals surface area contributed by atoms with Gasteiger partial charge in [-0.15, -0.1) is 0 Å². The van der Waals surface area contributed by atoms with Crippen molar-refractivity contribution in [3.8, 4) is 0 Å². The Morgan fingerprint density at radius 1 is 1.50 bits per heavy atom. The summed E-state index contributed by atoms with van der Waals surface area (Å²) in [5, 5.41) is 9.69. The Morgan fingerprint density at radius 2 is 2.17 bits per heavy atom. The number of likely N-dealkylation sites (N-methyl/N-ethyl adjacent to an activating group) is 1. The minimum absolute atomic E-state index is 0.243. The first-order chi connectivity index (χ1) is 8.47. The topological polar surface area (TPSA) is 58.7 Å². The van der Waals surface area contributed by atoms with Gasteiger partial charge in [0.25, 0.3) is 0 Å². The first-order valence-electron chi connectivity index (χ1n) is 5.89. The molecule has 0 saturated heterocycles. The van der Waals surface area contributed by atoms with Crippen LogP contribution in [0.3, 0.4) is 0 Å². The van der Waals surface area contributed by atoms with Gasteiger partial charge in [0.1, 0.15) is 5.82 Å². The van der Waals surface area contributed by atoms with E-state index in [-0.39, 0.29) is 12.4 Å². The number of nitrogens with two attached hydrogens (primary N) is 1. The van der Waals surface area contributed by atoms with Crippen molar-refractivity contribution in [3.05, 3.63) is 29.6 Å². The Kier molecular flexibility index (Phi) is 5.53. The van der Waals surface area contributed by atoms with Gasteiger partial charge in [0, 0.05) is 38.0 Å². The number of benzene rings is 1. The van der Waals surface area contributed by atoms with Crippen LogP contribution in [0.15, 0.2) is 18.2 Å². The Labute approximate surface area is 107 Å². The second-order valence-electron chi connectivity index (χ2n) is 4.45. The van der Waals surface area contributed by atoms with Crippen LogP contribution in [0, 0.1) is 5.82 Å². The zero-order valence-corrected chi connectivity index (χ0v) is 11.1. The summed E-state index contributed by atoms with van der Waals surface area (Å²) < 4.78 is 18.6. The van der Waals surface area contributed by atoms with E-state index in [1.54, 1.807) is 31.0 Å². The van der Waals surface area contributed by atoms with Gasteiger partial charge in [-0.1, -0.05) is 6.07 Å². The van der Waals surface area contributed by atoms with Crippen LogP contribution in [0.1, 0.15) is 18.5 Å². The van der Waals surface area contributed by atoms with E-state index in [2.05, 4.69) is 0 Å². The molecule has 0 aliphatic carbocycles. The average Bonchev–Trinajstić information content (AvgIpc) is 2.28. The van der Waals surface area contributed by atoms with E-state index in [1.807, 2.05) is 0 Å². The molecule has 0 amide bonds. The lowest BCUT2D eigenvalue weighted by atomic mass is 10.0. The third kappa shape index (κ3) is 3.66. The molecule has 5 heteroatoms. The lowest BCUT2D eigenvalue weighted by Crippen LogP contribution is -2.33. The number of rotatable bonds is 6. The van der Waals surface area contributed by atoms with Crippen LogP contribution in [0.2, 0.25) is 0 Å². The standard InChI is InChI=1S/C13H21FN2O2/c1-9(15)13-11(14)5-4-6-12(13)16(2)7-10(17)8-18-3/h4-6,9-10,17H,7-8,15H2,1-3H3/t9-,10?/m0/s1. The van der Waals surface area contributed by atoms with Gasteiger partial charge in [0.15, 0.2) is 0 Å².